The molecule has 0 amide bonds. The van der Waals surface area contributed by atoms with Crippen LogP contribution in [0.2, 0.25) is 0 Å². The van der Waals surface area contributed by atoms with Crippen LogP contribution >= 0.6 is 0 Å². The minimum atomic E-state index is -0.588. The Labute approximate surface area is 128 Å². The maximum atomic E-state index is 14.7. The number of aliphatic hydroxyl groups is 1. The molecule has 3 aliphatic carbocycles. The van der Waals surface area contributed by atoms with Gasteiger partial charge in [0.05, 0.1) is 6.10 Å². The van der Waals surface area contributed by atoms with E-state index in [1.54, 1.807) is 0 Å². The zero-order chi connectivity index (χ0) is 14.8. The van der Waals surface area contributed by atoms with Crippen LogP contribution in [-0.4, -0.2) is 23.4 Å². The molecule has 0 aliphatic heterocycles. The largest absolute Gasteiger partial charge is 0.393 e. The molecule has 0 saturated heterocycles. The third-order valence-electron chi connectivity index (χ3n) is 6.69. The van der Waals surface area contributed by atoms with Crippen LogP contribution in [0, 0.1) is 23.7 Å². The minimum absolute atomic E-state index is 0.0924. The summed E-state index contributed by atoms with van der Waals surface area (Å²) in [7, 11) is 0. The van der Waals surface area contributed by atoms with E-state index in [0.717, 1.165) is 64.2 Å². The monoisotopic (exact) mass is 297 g/mol. The van der Waals surface area contributed by atoms with Gasteiger partial charge in [0.25, 0.3) is 0 Å². The van der Waals surface area contributed by atoms with Crippen molar-refractivity contribution in [3.8, 4) is 0 Å². The lowest BCUT2D eigenvalue weighted by atomic mass is 9.65. The zero-order valence-corrected chi connectivity index (χ0v) is 13.2. The molecule has 3 aliphatic rings. The Hall–Kier alpha value is -0.150. The number of hydrogen-bond donors (Lipinski definition) is 2. The molecule has 0 aromatic heterocycles. The molecule has 3 atom stereocenters. The zero-order valence-electron chi connectivity index (χ0n) is 13.2. The quantitative estimate of drug-likeness (QED) is 0.814. The standard InChI is InChI=1S/C18H32FNO/c19-18-11-14(12-3-8-16(21)9-4-12)5-10-17(18)13-1-6-15(20)7-2-13/h12-18,21H,1-11,20H2. The van der Waals surface area contributed by atoms with Gasteiger partial charge in [-0.1, -0.05) is 0 Å². The van der Waals surface area contributed by atoms with Crippen LogP contribution in [0.5, 0.6) is 0 Å². The maximum Gasteiger partial charge on any atom is 0.103 e. The van der Waals surface area contributed by atoms with Crippen molar-refractivity contribution in [2.45, 2.75) is 88.9 Å². The van der Waals surface area contributed by atoms with Crippen LogP contribution in [0.25, 0.3) is 0 Å². The van der Waals surface area contributed by atoms with Crippen molar-refractivity contribution in [3.05, 3.63) is 0 Å². The molecule has 0 aromatic carbocycles. The minimum Gasteiger partial charge on any atom is -0.393 e. The molecule has 0 aromatic rings. The summed E-state index contributed by atoms with van der Waals surface area (Å²) in [5.74, 6) is 2.15. The molecule has 3 rings (SSSR count). The molecular weight excluding hydrogens is 265 g/mol. The van der Waals surface area contributed by atoms with E-state index >= 15 is 0 Å². The van der Waals surface area contributed by atoms with Crippen LogP contribution in [0.15, 0.2) is 0 Å². The Morgan fingerprint density at radius 2 is 1.29 bits per heavy atom. The highest BCUT2D eigenvalue weighted by Crippen LogP contribution is 2.45. The summed E-state index contributed by atoms with van der Waals surface area (Å²) >= 11 is 0. The first-order chi connectivity index (χ1) is 10.1. The lowest BCUT2D eigenvalue weighted by Gasteiger charge is -2.42. The van der Waals surface area contributed by atoms with Crippen molar-refractivity contribution in [2.75, 3.05) is 0 Å². The van der Waals surface area contributed by atoms with Gasteiger partial charge >= 0.3 is 0 Å². The van der Waals surface area contributed by atoms with Gasteiger partial charge in [-0.2, -0.15) is 0 Å². The Bertz CT molecular complexity index is 321. The van der Waals surface area contributed by atoms with Crippen molar-refractivity contribution < 1.29 is 9.50 Å². The van der Waals surface area contributed by atoms with Crippen LogP contribution in [0.4, 0.5) is 4.39 Å². The second-order valence-corrected chi connectivity index (χ2v) is 8.00. The Balaban J connectivity index is 1.50. The van der Waals surface area contributed by atoms with Crippen molar-refractivity contribution >= 4 is 0 Å². The van der Waals surface area contributed by atoms with E-state index in [4.69, 9.17) is 5.73 Å². The fourth-order valence-corrected chi connectivity index (χ4v) is 5.27. The highest BCUT2D eigenvalue weighted by Gasteiger charge is 2.39. The number of alkyl halides is 1. The number of halogens is 1. The molecular formula is C18H32FNO. The van der Waals surface area contributed by atoms with E-state index in [1.165, 1.54) is 6.42 Å². The van der Waals surface area contributed by atoms with E-state index in [1.807, 2.05) is 0 Å². The second-order valence-electron chi connectivity index (χ2n) is 8.00. The molecule has 2 nitrogen and oxygen atoms in total. The average Bonchev–Trinajstić information content (AvgIpc) is 2.49. The summed E-state index contributed by atoms with van der Waals surface area (Å²) in [6.45, 7) is 0. The van der Waals surface area contributed by atoms with E-state index in [0.29, 0.717) is 29.7 Å². The highest BCUT2D eigenvalue weighted by atomic mass is 19.1. The van der Waals surface area contributed by atoms with Gasteiger partial charge in [0, 0.05) is 6.04 Å². The van der Waals surface area contributed by atoms with Crippen molar-refractivity contribution in [2.24, 2.45) is 29.4 Å². The van der Waals surface area contributed by atoms with Gasteiger partial charge < -0.3 is 10.8 Å². The van der Waals surface area contributed by atoms with E-state index in [2.05, 4.69) is 0 Å². The normalized spacial score (nSPS) is 49.0. The molecule has 0 heterocycles. The molecule has 122 valence electrons. The van der Waals surface area contributed by atoms with Gasteiger partial charge in [-0.15, -0.1) is 0 Å². The van der Waals surface area contributed by atoms with Gasteiger partial charge in [-0.3, -0.25) is 0 Å². The van der Waals surface area contributed by atoms with Gasteiger partial charge in [0.15, 0.2) is 0 Å². The van der Waals surface area contributed by atoms with Gasteiger partial charge in [0.2, 0.25) is 0 Å². The lowest BCUT2D eigenvalue weighted by molar-refractivity contribution is 0.0257. The Kier molecular flexibility index (Phi) is 5.21. The predicted octanol–water partition coefficient (Wildman–Crippen LogP) is 3.81. The molecule has 21 heavy (non-hydrogen) atoms. The number of nitrogens with two attached hydrogens (primary N) is 1. The SMILES string of the molecule is NC1CCC(C2CCC(C3CCC(O)CC3)CC2F)CC1. The van der Waals surface area contributed by atoms with Crippen molar-refractivity contribution in [3.63, 3.8) is 0 Å². The van der Waals surface area contributed by atoms with Gasteiger partial charge in [0.1, 0.15) is 6.17 Å². The fourth-order valence-electron chi connectivity index (χ4n) is 5.27. The highest BCUT2D eigenvalue weighted by molar-refractivity contribution is 4.90. The number of rotatable bonds is 2. The molecule has 3 N–H and O–H groups in total. The fraction of sp³-hybridized carbons (Fsp3) is 1.00. The average molecular weight is 297 g/mol. The van der Waals surface area contributed by atoms with Crippen LogP contribution in [0.1, 0.15) is 70.6 Å². The first-order valence-electron chi connectivity index (χ1n) is 9.21. The van der Waals surface area contributed by atoms with Crippen LogP contribution < -0.4 is 5.73 Å². The molecule has 3 unspecified atom stereocenters. The van der Waals surface area contributed by atoms with E-state index < -0.39 is 6.17 Å². The Morgan fingerprint density at radius 3 is 1.90 bits per heavy atom. The summed E-state index contributed by atoms with van der Waals surface area (Å²) in [5, 5.41) is 9.63. The molecule has 0 bridgehead atoms. The Morgan fingerprint density at radius 1 is 0.714 bits per heavy atom. The van der Waals surface area contributed by atoms with Crippen LogP contribution in [-0.2, 0) is 0 Å². The molecule has 3 fully saturated rings. The number of hydrogen-bond acceptors (Lipinski definition) is 2. The summed E-state index contributed by atoms with van der Waals surface area (Å²) < 4.78 is 14.7. The second kappa shape index (κ2) is 6.95. The summed E-state index contributed by atoms with van der Waals surface area (Å²) in [5.41, 5.74) is 5.98. The third-order valence-corrected chi connectivity index (χ3v) is 6.69. The maximum absolute atomic E-state index is 14.7. The lowest BCUT2D eigenvalue weighted by Crippen LogP contribution is -2.38. The summed E-state index contributed by atoms with van der Waals surface area (Å²) in [4.78, 5) is 0. The molecule has 3 saturated carbocycles. The molecule has 3 heteroatoms. The van der Waals surface area contributed by atoms with Gasteiger partial charge in [-0.05, 0) is 94.3 Å². The van der Waals surface area contributed by atoms with E-state index in [9.17, 15) is 9.50 Å². The van der Waals surface area contributed by atoms with E-state index in [-0.39, 0.29) is 6.10 Å². The molecule has 0 radical (unpaired) electrons. The van der Waals surface area contributed by atoms with Crippen molar-refractivity contribution in [1.82, 2.24) is 0 Å². The van der Waals surface area contributed by atoms with Crippen LogP contribution in [0.3, 0.4) is 0 Å². The topological polar surface area (TPSA) is 46.2 Å². The first-order valence-corrected chi connectivity index (χ1v) is 9.21. The van der Waals surface area contributed by atoms with Crippen molar-refractivity contribution in [1.29, 1.82) is 0 Å². The molecule has 0 spiro atoms. The smallest absolute Gasteiger partial charge is 0.103 e. The third kappa shape index (κ3) is 3.79. The van der Waals surface area contributed by atoms with Gasteiger partial charge in [-0.25, -0.2) is 4.39 Å². The predicted molar refractivity (Wildman–Crippen MR) is 83.6 cm³/mol. The first kappa shape index (κ1) is 15.7. The number of aliphatic hydroxyl groups excluding tert-OH is 1. The summed E-state index contributed by atoms with van der Waals surface area (Å²) in [6, 6.07) is 0.365. The summed E-state index contributed by atoms with van der Waals surface area (Å²) in [6.07, 6.45) is 11.0.